The number of nitrogens with one attached hydrogen (secondary N) is 2. The van der Waals surface area contributed by atoms with Gasteiger partial charge in [-0.2, -0.15) is 0 Å². The second-order valence-electron chi connectivity index (χ2n) is 4.99. The normalized spacial score (nSPS) is 12.9. The van der Waals surface area contributed by atoms with E-state index in [0.29, 0.717) is 25.4 Å². The summed E-state index contributed by atoms with van der Waals surface area (Å²) in [7, 11) is 0. The highest BCUT2D eigenvalue weighted by atomic mass is 16.4. The number of carbonyl (C=O) groups is 2. The average Bonchev–Trinajstić information content (AvgIpc) is 2.15. The molecule has 0 aliphatic carbocycles. The lowest BCUT2D eigenvalue weighted by Crippen LogP contribution is -2.34. The van der Waals surface area contributed by atoms with E-state index in [0.717, 1.165) is 12.8 Å². The van der Waals surface area contributed by atoms with Gasteiger partial charge in [0.15, 0.2) is 0 Å². The Labute approximate surface area is 96.6 Å². The summed E-state index contributed by atoms with van der Waals surface area (Å²) >= 11 is 0. The molecule has 0 aromatic carbocycles. The van der Waals surface area contributed by atoms with Gasteiger partial charge in [0, 0.05) is 13.1 Å². The van der Waals surface area contributed by atoms with Crippen molar-refractivity contribution >= 4 is 12.5 Å². The third-order valence-corrected chi connectivity index (χ3v) is 2.48. The van der Waals surface area contributed by atoms with Crippen molar-refractivity contribution in [3.8, 4) is 0 Å². The first-order valence-corrected chi connectivity index (χ1v) is 5.51. The van der Waals surface area contributed by atoms with Crippen LogP contribution in [0.2, 0.25) is 0 Å². The Morgan fingerprint density at radius 3 is 2.62 bits per heavy atom. The van der Waals surface area contributed by atoms with E-state index in [2.05, 4.69) is 17.6 Å². The molecule has 5 heteroatoms. The first-order valence-electron chi connectivity index (χ1n) is 5.51. The predicted octanol–water partition coefficient (Wildman–Crippen LogP) is 1.44. The molecule has 0 bridgehead atoms. The molecule has 2 amide bonds. The Bertz CT molecular complexity index is 229. The highest BCUT2D eigenvalue weighted by Gasteiger charge is 2.21. The van der Waals surface area contributed by atoms with E-state index in [1.165, 1.54) is 0 Å². The molecule has 0 radical (unpaired) electrons. The van der Waals surface area contributed by atoms with Crippen LogP contribution in [0.4, 0.5) is 4.79 Å². The SMILES string of the molecule is CC(CCNC=O)CC(C)(C)CNC(=O)O. The fraction of sp³-hybridized carbons (Fsp3) is 0.818. The number of carboxylic acid groups (broad SMARTS) is 1. The molecule has 1 unspecified atom stereocenters. The molecule has 0 heterocycles. The minimum Gasteiger partial charge on any atom is -0.465 e. The predicted molar refractivity (Wildman–Crippen MR) is 62.3 cm³/mol. The molecule has 0 saturated carbocycles. The lowest BCUT2D eigenvalue weighted by Gasteiger charge is -2.27. The minimum absolute atomic E-state index is 0.0566. The Kier molecular flexibility index (Phi) is 6.53. The van der Waals surface area contributed by atoms with E-state index in [1.807, 2.05) is 13.8 Å². The lowest BCUT2D eigenvalue weighted by molar-refractivity contribution is -0.109. The second-order valence-corrected chi connectivity index (χ2v) is 4.99. The van der Waals surface area contributed by atoms with Gasteiger partial charge in [0.1, 0.15) is 0 Å². The van der Waals surface area contributed by atoms with Crippen LogP contribution in [-0.2, 0) is 4.79 Å². The highest BCUT2D eigenvalue weighted by molar-refractivity contribution is 5.64. The Morgan fingerprint density at radius 2 is 2.12 bits per heavy atom. The molecule has 16 heavy (non-hydrogen) atoms. The molecule has 0 aliphatic heterocycles. The van der Waals surface area contributed by atoms with Crippen LogP contribution in [0.3, 0.4) is 0 Å². The molecule has 0 rings (SSSR count). The number of rotatable bonds is 8. The maximum Gasteiger partial charge on any atom is 0.404 e. The molecule has 0 aliphatic rings. The molecule has 0 aromatic rings. The molecule has 0 fully saturated rings. The summed E-state index contributed by atoms with van der Waals surface area (Å²) in [6.07, 6.45) is 1.55. The van der Waals surface area contributed by atoms with Crippen molar-refractivity contribution in [2.75, 3.05) is 13.1 Å². The van der Waals surface area contributed by atoms with E-state index in [4.69, 9.17) is 5.11 Å². The third-order valence-electron chi connectivity index (χ3n) is 2.48. The van der Waals surface area contributed by atoms with Crippen molar-refractivity contribution in [3.05, 3.63) is 0 Å². The van der Waals surface area contributed by atoms with E-state index in [-0.39, 0.29) is 5.41 Å². The fourth-order valence-electron chi connectivity index (χ4n) is 1.82. The second kappa shape index (κ2) is 7.09. The molecule has 3 N–H and O–H groups in total. The van der Waals surface area contributed by atoms with Crippen LogP contribution in [0.1, 0.15) is 33.6 Å². The number of carbonyl (C=O) groups excluding carboxylic acids is 1. The lowest BCUT2D eigenvalue weighted by atomic mass is 9.82. The van der Waals surface area contributed by atoms with Crippen molar-refractivity contribution in [2.24, 2.45) is 11.3 Å². The number of amides is 2. The highest BCUT2D eigenvalue weighted by Crippen LogP contribution is 2.25. The van der Waals surface area contributed by atoms with Gasteiger partial charge in [0.2, 0.25) is 6.41 Å². The molecule has 94 valence electrons. The smallest absolute Gasteiger partial charge is 0.404 e. The first kappa shape index (κ1) is 14.7. The van der Waals surface area contributed by atoms with Crippen molar-refractivity contribution in [2.45, 2.75) is 33.6 Å². The van der Waals surface area contributed by atoms with Gasteiger partial charge in [-0.1, -0.05) is 20.8 Å². The van der Waals surface area contributed by atoms with Crippen LogP contribution in [0.5, 0.6) is 0 Å². The summed E-state index contributed by atoms with van der Waals surface area (Å²) in [6, 6.07) is 0. The molecule has 5 nitrogen and oxygen atoms in total. The molecule has 0 saturated heterocycles. The first-order chi connectivity index (χ1) is 7.37. The Hall–Kier alpha value is -1.26. The van der Waals surface area contributed by atoms with E-state index >= 15 is 0 Å². The zero-order chi connectivity index (χ0) is 12.6. The Balaban J connectivity index is 3.84. The summed E-state index contributed by atoms with van der Waals surface area (Å²) in [5.41, 5.74) is -0.0566. The third kappa shape index (κ3) is 8.08. The monoisotopic (exact) mass is 230 g/mol. The number of hydrogen-bond donors (Lipinski definition) is 3. The summed E-state index contributed by atoms with van der Waals surface area (Å²) in [4.78, 5) is 20.4. The van der Waals surface area contributed by atoms with E-state index < -0.39 is 6.09 Å². The summed E-state index contributed by atoms with van der Waals surface area (Å²) in [5.74, 6) is 0.457. The fourth-order valence-corrected chi connectivity index (χ4v) is 1.82. The summed E-state index contributed by atoms with van der Waals surface area (Å²) < 4.78 is 0. The van der Waals surface area contributed by atoms with Gasteiger partial charge < -0.3 is 15.7 Å². The maximum atomic E-state index is 10.4. The summed E-state index contributed by atoms with van der Waals surface area (Å²) in [5, 5.41) is 13.6. The van der Waals surface area contributed by atoms with Crippen molar-refractivity contribution in [1.29, 1.82) is 0 Å². The maximum absolute atomic E-state index is 10.4. The van der Waals surface area contributed by atoms with E-state index in [1.54, 1.807) is 0 Å². The van der Waals surface area contributed by atoms with Crippen LogP contribution < -0.4 is 10.6 Å². The van der Waals surface area contributed by atoms with Gasteiger partial charge in [0.05, 0.1) is 0 Å². The molecule has 0 spiro atoms. The van der Waals surface area contributed by atoms with Gasteiger partial charge >= 0.3 is 6.09 Å². The zero-order valence-corrected chi connectivity index (χ0v) is 10.2. The van der Waals surface area contributed by atoms with Gasteiger partial charge in [0.25, 0.3) is 0 Å². The van der Waals surface area contributed by atoms with Crippen LogP contribution in [0.25, 0.3) is 0 Å². The van der Waals surface area contributed by atoms with Crippen LogP contribution in [-0.4, -0.2) is 30.7 Å². The van der Waals surface area contributed by atoms with Crippen LogP contribution >= 0.6 is 0 Å². The molecular formula is C11H22N2O3. The largest absolute Gasteiger partial charge is 0.465 e. The average molecular weight is 230 g/mol. The van der Waals surface area contributed by atoms with Gasteiger partial charge in [-0.25, -0.2) is 4.79 Å². The molecule has 0 aromatic heterocycles. The van der Waals surface area contributed by atoms with Crippen LogP contribution in [0, 0.1) is 11.3 Å². The van der Waals surface area contributed by atoms with Crippen LogP contribution in [0.15, 0.2) is 0 Å². The van der Waals surface area contributed by atoms with Gasteiger partial charge in [-0.05, 0) is 24.2 Å². The summed E-state index contributed by atoms with van der Waals surface area (Å²) in [6.45, 7) is 7.30. The van der Waals surface area contributed by atoms with Gasteiger partial charge in [-0.3, -0.25) is 4.79 Å². The van der Waals surface area contributed by atoms with E-state index in [9.17, 15) is 9.59 Å². The standard InChI is InChI=1S/C11H22N2O3/c1-9(4-5-12-8-14)6-11(2,3)7-13-10(15)16/h8-9,13H,4-7H2,1-3H3,(H,12,14)(H,15,16). The zero-order valence-electron chi connectivity index (χ0n) is 10.2. The number of hydrogen-bond acceptors (Lipinski definition) is 2. The quantitative estimate of drug-likeness (QED) is 0.436. The topological polar surface area (TPSA) is 78.4 Å². The van der Waals surface area contributed by atoms with Crippen molar-refractivity contribution < 1.29 is 14.7 Å². The molecular weight excluding hydrogens is 208 g/mol. The minimum atomic E-state index is -0.983. The molecule has 1 atom stereocenters. The van der Waals surface area contributed by atoms with Gasteiger partial charge in [-0.15, -0.1) is 0 Å². The Morgan fingerprint density at radius 1 is 1.50 bits per heavy atom. The van der Waals surface area contributed by atoms with Crippen molar-refractivity contribution in [1.82, 2.24) is 10.6 Å². The van der Waals surface area contributed by atoms with Crippen molar-refractivity contribution in [3.63, 3.8) is 0 Å².